The summed E-state index contributed by atoms with van der Waals surface area (Å²) in [5.74, 6) is -1.00. The molecule has 1 aromatic heterocycles. The number of methoxy groups -OCH3 is 1. The van der Waals surface area contributed by atoms with E-state index in [4.69, 9.17) is 9.84 Å². The van der Waals surface area contributed by atoms with E-state index in [0.717, 1.165) is 22.0 Å². The third-order valence-electron chi connectivity index (χ3n) is 3.56. The van der Waals surface area contributed by atoms with Gasteiger partial charge in [-0.05, 0) is 35.9 Å². The summed E-state index contributed by atoms with van der Waals surface area (Å²) in [6, 6.07) is 12.1. The maximum atomic E-state index is 12.5. The van der Waals surface area contributed by atoms with Gasteiger partial charge in [-0.1, -0.05) is 18.2 Å². The molecule has 5 nitrogen and oxygen atoms in total. The Bertz CT molecular complexity index is 987. The van der Waals surface area contributed by atoms with E-state index in [1.54, 1.807) is 18.2 Å². The first-order valence-corrected chi connectivity index (χ1v) is 9.81. The fourth-order valence-corrected chi connectivity index (χ4v) is 4.25. The third-order valence-corrected chi connectivity index (χ3v) is 5.77. The molecule has 146 valence electrons. The summed E-state index contributed by atoms with van der Waals surface area (Å²) < 4.78 is 35.5. The molecule has 28 heavy (non-hydrogen) atoms. The Morgan fingerprint density at radius 3 is 2.75 bits per heavy atom. The first-order valence-electron chi connectivity index (χ1n) is 8.01. The van der Waals surface area contributed by atoms with Crippen LogP contribution in [0.5, 0.6) is 11.5 Å². The first kappa shape index (κ1) is 20.1. The molecular formula is C19H15F2NO4S2. The van der Waals surface area contributed by atoms with Crippen LogP contribution in [0.4, 0.5) is 8.78 Å². The van der Waals surface area contributed by atoms with E-state index in [0.29, 0.717) is 15.5 Å². The number of carboxylic acid groups (broad SMARTS) is 1. The molecule has 9 heteroatoms. The maximum Gasteiger partial charge on any atom is 0.387 e. The second-order valence-corrected chi connectivity index (χ2v) is 7.51. The van der Waals surface area contributed by atoms with E-state index >= 15 is 0 Å². The molecule has 0 radical (unpaired) electrons. The Morgan fingerprint density at radius 1 is 1.29 bits per heavy atom. The second-order valence-electron chi connectivity index (χ2n) is 5.47. The van der Waals surface area contributed by atoms with Gasteiger partial charge in [0, 0.05) is 4.91 Å². The minimum absolute atomic E-state index is 0.0747. The molecule has 0 fully saturated rings. The van der Waals surface area contributed by atoms with Crippen LogP contribution in [-0.2, 0) is 4.79 Å². The summed E-state index contributed by atoms with van der Waals surface area (Å²) in [4.78, 5) is 16.3. The van der Waals surface area contributed by atoms with Gasteiger partial charge in [0.1, 0.15) is 5.01 Å². The number of thiazole rings is 1. The number of aromatic nitrogens is 1. The predicted molar refractivity (Wildman–Crippen MR) is 107 cm³/mol. The van der Waals surface area contributed by atoms with Crippen molar-refractivity contribution in [1.82, 2.24) is 4.98 Å². The van der Waals surface area contributed by atoms with E-state index in [2.05, 4.69) is 9.72 Å². The number of hydrogen-bond donors (Lipinski definition) is 1. The van der Waals surface area contributed by atoms with Gasteiger partial charge in [0.05, 0.1) is 23.1 Å². The SMILES string of the molecule is COc1cc(/C=C(\SCC(=O)O)c2nc3ccccc3s2)ccc1OC(F)F. The van der Waals surface area contributed by atoms with Crippen molar-refractivity contribution in [3.63, 3.8) is 0 Å². The summed E-state index contributed by atoms with van der Waals surface area (Å²) in [5.41, 5.74) is 1.47. The Balaban J connectivity index is 1.99. The highest BCUT2D eigenvalue weighted by Gasteiger charge is 2.14. The highest BCUT2D eigenvalue weighted by Crippen LogP contribution is 2.37. The zero-order valence-corrected chi connectivity index (χ0v) is 16.2. The van der Waals surface area contributed by atoms with Gasteiger partial charge in [-0.25, -0.2) is 4.98 Å². The van der Waals surface area contributed by atoms with Crippen LogP contribution in [0.3, 0.4) is 0 Å². The van der Waals surface area contributed by atoms with Crippen LogP contribution in [0.15, 0.2) is 42.5 Å². The number of para-hydroxylation sites is 1. The molecule has 0 saturated carbocycles. The van der Waals surface area contributed by atoms with Crippen molar-refractivity contribution in [3.8, 4) is 11.5 Å². The predicted octanol–water partition coefficient (Wildman–Crippen LogP) is 5.22. The average molecular weight is 423 g/mol. The molecule has 0 aliphatic heterocycles. The smallest absolute Gasteiger partial charge is 0.387 e. The quantitative estimate of drug-likeness (QED) is 0.536. The van der Waals surface area contributed by atoms with Crippen LogP contribution in [0.2, 0.25) is 0 Å². The molecule has 1 heterocycles. The summed E-state index contributed by atoms with van der Waals surface area (Å²) >= 11 is 2.59. The lowest BCUT2D eigenvalue weighted by Gasteiger charge is -2.10. The fraction of sp³-hybridized carbons (Fsp3) is 0.158. The molecular weight excluding hydrogens is 408 g/mol. The number of thioether (sulfide) groups is 1. The standard InChI is InChI=1S/C19H15F2NO4S2/c1-25-14-8-11(6-7-13(14)26-19(20)21)9-16(27-10-17(23)24)18-22-12-4-2-3-5-15(12)28-18/h2-9,19H,10H2,1H3,(H,23,24)/b16-9-. The van der Waals surface area contributed by atoms with Crippen molar-refractivity contribution in [3.05, 3.63) is 53.0 Å². The monoisotopic (exact) mass is 423 g/mol. The molecule has 0 bridgehead atoms. The maximum absolute atomic E-state index is 12.5. The molecule has 2 aromatic carbocycles. The van der Waals surface area contributed by atoms with E-state index in [9.17, 15) is 13.6 Å². The van der Waals surface area contributed by atoms with Crippen molar-refractivity contribution in [1.29, 1.82) is 0 Å². The van der Waals surface area contributed by atoms with Gasteiger partial charge in [0.25, 0.3) is 0 Å². The molecule has 0 unspecified atom stereocenters. The van der Waals surface area contributed by atoms with E-state index in [-0.39, 0.29) is 17.3 Å². The largest absolute Gasteiger partial charge is 0.493 e. The van der Waals surface area contributed by atoms with Gasteiger partial charge >= 0.3 is 12.6 Å². The zero-order chi connectivity index (χ0) is 20.1. The van der Waals surface area contributed by atoms with Crippen LogP contribution in [0, 0.1) is 0 Å². The molecule has 0 amide bonds. The van der Waals surface area contributed by atoms with Gasteiger partial charge in [-0.15, -0.1) is 23.1 Å². The average Bonchev–Trinajstić information content (AvgIpc) is 3.09. The molecule has 0 atom stereocenters. The van der Waals surface area contributed by atoms with E-state index in [1.807, 2.05) is 24.3 Å². The zero-order valence-electron chi connectivity index (χ0n) is 14.6. The highest BCUT2D eigenvalue weighted by atomic mass is 32.2. The van der Waals surface area contributed by atoms with Gasteiger partial charge in [0.2, 0.25) is 0 Å². The Morgan fingerprint density at radius 2 is 2.07 bits per heavy atom. The second kappa shape index (κ2) is 9.03. The third kappa shape index (κ3) is 4.99. The molecule has 3 aromatic rings. The lowest BCUT2D eigenvalue weighted by molar-refractivity contribution is -0.133. The minimum Gasteiger partial charge on any atom is -0.493 e. The number of fused-ring (bicyclic) bond motifs is 1. The van der Waals surface area contributed by atoms with Crippen LogP contribution >= 0.6 is 23.1 Å². The molecule has 0 aliphatic carbocycles. The van der Waals surface area contributed by atoms with Crippen molar-refractivity contribution in [2.75, 3.05) is 12.9 Å². The van der Waals surface area contributed by atoms with Gasteiger partial charge < -0.3 is 14.6 Å². The number of carboxylic acids is 1. The molecule has 0 spiro atoms. The fourth-order valence-electron chi connectivity index (χ4n) is 2.40. The lowest BCUT2D eigenvalue weighted by Crippen LogP contribution is -2.03. The van der Waals surface area contributed by atoms with Crippen LogP contribution < -0.4 is 9.47 Å². The Kier molecular flexibility index (Phi) is 6.48. The normalized spacial score (nSPS) is 11.8. The number of alkyl halides is 2. The molecule has 1 N–H and O–H groups in total. The number of carbonyl (C=O) groups is 1. The van der Waals surface area contributed by atoms with Crippen LogP contribution in [-0.4, -0.2) is 35.5 Å². The first-order chi connectivity index (χ1) is 13.5. The number of benzene rings is 2. The summed E-state index contributed by atoms with van der Waals surface area (Å²) in [7, 11) is 1.36. The molecule has 3 rings (SSSR count). The van der Waals surface area contributed by atoms with Crippen molar-refractivity contribution in [2.24, 2.45) is 0 Å². The van der Waals surface area contributed by atoms with Crippen LogP contribution in [0.1, 0.15) is 10.6 Å². The van der Waals surface area contributed by atoms with Crippen molar-refractivity contribution >= 4 is 50.3 Å². The number of rotatable bonds is 8. The summed E-state index contributed by atoms with van der Waals surface area (Å²) in [5, 5.41) is 9.72. The number of ether oxygens (including phenoxy) is 2. The summed E-state index contributed by atoms with van der Waals surface area (Å²) in [6.07, 6.45) is 1.75. The van der Waals surface area contributed by atoms with Gasteiger partial charge in [-0.2, -0.15) is 8.78 Å². The van der Waals surface area contributed by atoms with Crippen LogP contribution in [0.25, 0.3) is 21.2 Å². The molecule has 0 saturated heterocycles. The van der Waals surface area contributed by atoms with Crippen molar-refractivity contribution in [2.45, 2.75) is 6.61 Å². The Labute approximate surface area is 167 Å². The van der Waals surface area contributed by atoms with Gasteiger partial charge in [0.15, 0.2) is 11.5 Å². The highest BCUT2D eigenvalue weighted by molar-refractivity contribution is 8.09. The Hall–Kier alpha value is -2.65. The van der Waals surface area contributed by atoms with Crippen molar-refractivity contribution < 1.29 is 28.2 Å². The lowest BCUT2D eigenvalue weighted by atomic mass is 10.2. The number of hydrogen-bond acceptors (Lipinski definition) is 6. The van der Waals surface area contributed by atoms with E-state index in [1.165, 1.54) is 24.5 Å². The van der Waals surface area contributed by atoms with E-state index < -0.39 is 12.6 Å². The number of aliphatic carboxylic acids is 1. The summed E-state index contributed by atoms with van der Waals surface area (Å²) in [6.45, 7) is -2.96. The number of nitrogens with zero attached hydrogens (tertiary/aromatic N) is 1. The minimum atomic E-state index is -2.96. The molecule has 0 aliphatic rings. The number of halogens is 2. The van der Waals surface area contributed by atoms with Gasteiger partial charge in [-0.3, -0.25) is 4.79 Å². The topological polar surface area (TPSA) is 68.7 Å².